The Hall–Kier alpha value is -0.0800. The van der Waals surface area contributed by atoms with Gasteiger partial charge in [0.2, 0.25) is 0 Å². The van der Waals surface area contributed by atoms with Gasteiger partial charge < -0.3 is 9.84 Å². The molecule has 0 aromatic carbocycles. The first kappa shape index (κ1) is 16.3. The molecule has 1 N–H and O–H groups in total. The molecule has 5 atom stereocenters. The second-order valence-electron chi connectivity index (χ2n) is 8.93. The Bertz CT molecular complexity index is 329. The molecule has 0 bridgehead atoms. The Morgan fingerprint density at radius 2 is 1.90 bits per heavy atom. The molecule has 1 saturated heterocycles. The highest BCUT2D eigenvalue weighted by Crippen LogP contribution is 2.54. The number of hydrogen-bond acceptors (Lipinski definition) is 2. The third kappa shape index (κ3) is 3.06. The molecule has 4 unspecified atom stereocenters. The Labute approximate surface area is 125 Å². The minimum Gasteiger partial charge on any atom is -0.393 e. The average Bonchev–Trinajstić information content (AvgIpc) is 2.63. The quantitative estimate of drug-likeness (QED) is 0.838. The van der Waals surface area contributed by atoms with Gasteiger partial charge in [-0.1, -0.05) is 48.0 Å². The van der Waals surface area contributed by atoms with E-state index in [0.29, 0.717) is 23.9 Å². The molecule has 2 nitrogen and oxygen atoms in total. The first-order valence-corrected chi connectivity index (χ1v) is 8.46. The van der Waals surface area contributed by atoms with Crippen molar-refractivity contribution in [2.45, 2.75) is 79.4 Å². The van der Waals surface area contributed by atoms with Crippen molar-refractivity contribution in [2.75, 3.05) is 6.61 Å². The number of fused-ring (bicyclic) bond motifs is 1. The first-order chi connectivity index (χ1) is 9.16. The van der Waals surface area contributed by atoms with E-state index in [9.17, 15) is 5.11 Å². The standard InChI is InChI=1S/C18H34O2/c1-7-8-15(19)12-9-13(17(2,3)4)16-14(10-12)18(5,6)11-20-16/h12-16,19H,7-11H2,1-6H3/t12-,13?,14?,15?,16?/m0/s1. The van der Waals surface area contributed by atoms with Crippen LogP contribution in [-0.2, 0) is 4.74 Å². The van der Waals surface area contributed by atoms with E-state index in [1.807, 2.05) is 0 Å². The van der Waals surface area contributed by atoms with Crippen LogP contribution in [0.15, 0.2) is 0 Å². The van der Waals surface area contributed by atoms with Crippen molar-refractivity contribution in [1.29, 1.82) is 0 Å². The predicted octanol–water partition coefficient (Wildman–Crippen LogP) is 4.26. The van der Waals surface area contributed by atoms with Crippen molar-refractivity contribution < 1.29 is 9.84 Å². The van der Waals surface area contributed by atoms with Gasteiger partial charge in [-0.3, -0.25) is 0 Å². The molecule has 2 rings (SSSR count). The van der Waals surface area contributed by atoms with E-state index in [0.717, 1.165) is 32.3 Å². The maximum Gasteiger partial charge on any atom is 0.0642 e. The van der Waals surface area contributed by atoms with Gasteiger partial charge in [-0.05, 0) is 47.8 Å². The van der Waals surface area contributed by atoms with E-state index in [-0.39, 0.29) is 16.9 Å². The molecule has 2 fully saturated rings. The van der Waals surface area contributed by atoms with E-state index in [1.54, 1.807) is 0 Å². The van der Waals surface area contributed by atoms with Gasteiger partial charge >= 0.3 is 0 Å². The fraction of sp³-hybridized carbons (Fsp3) is 1.00. The SMILES string of the molecule is CCCC(O)[C@H]1CC(C(C)(C)C)C2OCC(C)(C)C2C1. The number of hydrogen-bond donors (Lipinski definition) is 1. The van der Waals surface area contributed by atoms with Gasteiger partial charge in [-0.15, -0.1) is 0 Å². The minimum atomic E-state index is -0.123. The van der Waals surface area contributed by atoms with Crippen LogP contribution in [0.3, 0.4) is 0 Å². The predicted molar refractivity (Wildman–Crippen MR) is 83.6 cm³/mol. The lowest BCUT2D eigenvalue weighted by Gasteiger charge is -2.47. The summed E-state index contributed by atoms with van der Waals surface area (Å²) in [6, 6.07) is 0. The number of ether oxygens (including phenoxy) is 1. The number of aliphatic hydroxyl groups excluding tert-OH is 1. The Morgan fingerprint density at radius 3 is 2.45 bits per heavy atom. The Balaban J connectivity index is 2.21. The number of aliphatic hydroxyl groups is 1. The van der Waals surface area contributed by atoms with Gasteiger partial charge in [0, 0.05) is 0 Å². The zero-order valence-corrected chi connectivity index (χ0v) is 14.3. The maximum atomic E-state index is 10.5. The van der Waals surface area contributed by atoms with Crippen molar-refractivity contribution in [3.8, 4) is 0 Å². The van der Waals surface area contributed by atoms with Gasteiger partial charge in [0.15, 0.2) is 0 Å². The Morgan fingerprint density at radius 1 is 1.25 bits per heavy atom. The van der Waals surface area contributed by atoms with Crippen molar-refractivity contribution in [3.63, 3.8) is 0 Å². The smallest absolute Gasteiger partial charge is 0.0642 e. The van der Waals surface area contributed by atoms with E-state index in [1.165, 1.54) is 0 Å². The minimum absolute atomic E-state index is 0.123. The average molecular weight is 282 g/mol. The second kappa shape index (κ2) is 5.61. The van der Waals surface area contributed by atoms with Crippen molar-refractivity contribution in [1.82, 2.24) is 0 Å². The fourth-order valence-electron chi connectivity index (χ4n) is 4.40. The highest BCUT2D eigenvalue weighted by Gasteiger charge is 2.53. The maximum absolute atomic E-state index is 10.5. The van der Waals surface area contributed by atoms with Crippen molar-refractivity contribution >= 4 is 0 Å². The summed E-state index contributed by atoms with van der Waals surface area (Å²) in [5, 5.41) is 10.5. The van der Waals surface area contributed by atoms with Crippen LogP contribution in [0.5, 0.6) is 0 Å². The van der Waals surface area contributed by atoms with Crippen LogP contribution in [-0.4, -0.2) is 23.9 Å². The second-order valence-corrected chi connectivity index (χ2v) is 8.93. The molecule has 1 heterocycles. The topological polar surface area (TPSA) is 29.5 Å². The summed E-state index contributed by atoms with van der Waals surface area (Å²) in [6.07, 6.45) is 4.57. The monoisotopic (exact) mass is 282 g/mol. The van der Waals surface area contributed by atoms with Crippen molar-refractivity contribution in [2.24, 2.45) is 28.6 Å². The molecule has 2 aliphatic rings. The van der Waals surface area contributed by atoms with E-state index < -0.39 is 0 Å². The summed E-state index contributed by atoms with van der Waals surface area (Å²) in [6.45, 7) is 14.7. The third-order valence-electron chi connectivity index (χ3n) is 5.80. The van der Waals surface area contributed by atoms with Crippen LogP contribution >= 0.6 is 0 Å². The molecule has 0 aromatic rings. The molecule has 0 radical (unpaired) electrons. The summed E-state index contributed by atoms with van der Waals surface area (Å²) in [5.41, 5.74) is 0.521. The molecule has 0 spiro atoms. The summed E-state index contributed by atoms with van der Waals surface area (Å²) in [7, 11) is 0. The van der Waals surface area contributed by atoms with Crippen molar-refractivity contribution in [3.05, 3.63) is 0 Å². The summed E-state index contributed by atoms with van der Waals surface area (Å²) in [5.74, 6) is 1.64. The van der Waals surface area contributed by atoms with Crippen LogP contribution in [0, 0.1) is 28.6 Å². The highest BCUT2D eigenvalue weighted by molar-refractivity contribution is 5.01. The molecule has 1 aliphatic heterocycles. The molecule has 0 aromatic heterocycles. The molecular weight excluding hydrogens is 248 g/mol. The lowest BCUT2D eigenvalue weighted by molar-refractivity contribution is -0.0672. The Kier molecular flexibility index (Phi) is 4.57. The molecule has 0 amide bonds. The van der Waals surface area contributed by atoms with Crippen LogP contribution in [0.2, 0.25) is 0 Å². The molecule has 2 heteroatoms. The summed E-state index contributed by atoms with van der Waals surface area (Å²) < 4.78 is 6.22. The lowest BCUT2D eigenvalue weighted by Crippen LogP contribution is -2.46. The van der Waals surface area contributed by atoms with Gasteiger partial charge in [0.25, 0.3) is 0 Å². The van der Waals surface area contributed by atoms with Gasteiger partial charge in [-0.25, -0.2) is 0 Å². The fourth-order valence-corrected chi connectivity index (χ4v) is 4.40. The molecule has 1 aliphatic carbocycles. The van der Waals surface area contributed by atoms with Crippen LogP contribution in [0.25, 0.3) is 0 Å². The van der Waals surface area contributed by atoms with Crippen LogP contribution in [0.1, 0.15) is 67.2 Å². The number of rotatable bonds is 3. The van der Waals surface area contributed by atoms with Crippen LogP contribution < -0.4 is 0 Å². The van der Waals surface area contributed by atoms with Crippen LogP contribution in [0.4, 0.5) is 0 Å². The first-order valence-electron chi connectivity index (χ1n) is 8.46. The van der Waals surface area contributed by atoms with E-state index in [4.69, 9.17) is 4.74 Å². The molecule has 1 saturated carbocycles. The van der Waals surface area contributed by atoms with Gasteiger partial charge in [0.1, 0.15) is 0 Å². The molecule has 118 valence electrons. The highest BCUT2D eigenvalue weighted by atomic mass is 16.5. The lowest BCUT2D eigenvalue weighted by atomic mass is 9.59. The zero-order valence-electron chi connectivity index (χ0n) is 14.3. The van der Waals surface area contributed by atoms with E-state index >= 15 is 0 Å². The van der Waals surface area contributed by atoms with E-state index in [2.05, 4.69) is 41.5 Å². The largest absolute Gasteiger partial charge is 0.393 e. The molecular formula is C18H34O2. The van der Waals surface area contributed by atoms with Gasteiger partial charge in [0.05, 0.1) is 18.8 Å². The van der Waals surface area contributed by atoms with Gasteiger partial charge in [-0.2, -0.15) is 0 Å². The summed E-state index contributed by atoms with van der Waals surface area (Å²) >= 11 is 0. The summed E-state index contributed by atoms with van der Waals surface area (Å²) in [4.78, 5) is 0. The zero-order chi connectivity index (χ0) is 15.1. The third-order valence-corrected chi connectivity index (χ3v) is 5.80. The molecule has 20 heavy (non-hydrogen) atoms. The normalized spacial score (nSPS) is 38.5.